The molecule has 38 heavy (non-hydrogen) atoms. The van der Waals surface area contributed by atoms with Gasteiger partial charge in [0.2, 0.25) is 0 Å². The Morgan fingerprint density at radius 1 is 0.895 bits per heavy atom. The molecule has 1 aromatic rings. The van der Waals surface area contributed by atoms with Crippen molar-refractivity contribution in [3.8, 4) is 11.5 Å². The summed E-state index contributed by atoms with van der Waals surface area (Å²) in [5.74, 6) is -3.12. The standard InChI is InChI=1S/C29H45NO8/c1-8-10-19(5)26(32)37-23-13-12-22(15-24(23)38-27(33)20(6)11-9-2)17-29(30,28(34)35)16-21(7)36-25(31)14-18(3)4/h12-13,15,18-21H,8-11,14,16-17,30H2,1-7H3,(H,34,35)/t19?,20?,21-,29?/m0/s1. The Morgan fingerprint density at radius 3 is 1.89 bits per heavy atom. The number of carboxylic acids is 1. The van der Waals surface area contributed by atoms with E-state index in [9.17, 15) is 24.3 Å². The van der Waals surface area contributed by atoms with Crippen LogP contribution in [0.25, 0.3) is 0 Å². The summed E-state index contributed by atoms with van der Waals surface area (Å²) in [6.07, 6.45) is 2.11. The number of nitrogens with two attached hydrogens (primary N) is 1. The van der Waals surface area contributed by atoms with Gasteiger partial charge in [-0.1, -0.05) is 60.5 Å². The van der Waals surface area contributed by atoms with Gasteiger partial charge >= 0.3 is 23.9 Å². The highest BCUT2D eigenvalue weighted by molar-refractivity contribution is 5.80. The van der Waals surface area contributed by atoms with Crippen molar-refractivity contribution in [2.45, 2.75) is 105 Å². The van der Waals surface area contributed by atoms with Gasteiger partial charge in [0.15, 0.2) is 11.5 Å². The highest BCUT2D eigenvalue weighted by Gasteiger charge is 2.37. The monoisotopic (exact) mass is 535 g/mol. The molecule has 0 aliphatic rings. The molecular weight excluding hydrogens is 490 g/mol. The van der Waals surface area contributed by atoms with Gasteiger partial charge < -0.3 is 25.1 Å². The van der Waals surface area contributed by atoms with E-state index in [0.29, 0.717) is 18.4 Å². The van der Waals surface area contributed by atoms with Gasteiger partial charge in [-0.3, -0.25) is 19.2 Å². The van der Waals surface area contributed by atoms with Crippen molar-refractivity contribution in [1.29, 1.82) is 0 Å². The van der Waals surface area contributed by atoms with Gasteiger partial charge in [-0.25, -0.2) is 0 Å². The average molecular weight is 536 g/mol. The zero-order chi connectivity index (χ0) is 29.0. The summed E-state index contributed by atoms with van der Waals surface area (Å²) in [7, 11) is 0. The lowest BCUT2D eigenvalue weighted by Gasteiger charge is -2.28. The van der Waals surface area contributed by atoms with Gasteiger partial charge in [0, 0.05) is 19.3 Å². The molecule has 1 rings (SSSR count). The lowest BCUT2D eigenvalue weighted by molar-refractivity contribution is -0.154. The molecule has 0 radical (unpaired) electrons. The Balaban J connectivity index is 3.24. The number of hydrogen-bond acceptors (Lipinski definition) is 8. The molecule has 9 nitrogen and oxygen atoms in total. The Bertz CT molecular complexity index is 960. The molecule has 214 valence electrons. The van der Waals surface area contributed by atoms with Gasteiger partial charge in [-0.2, -0.15) is 0 Å². The molecule has 0 fully saturated rings. The first-order valence-corrected chi connectivity index (χ1v) is 13.5. The van der Waals surface area contributed by atoms with Gasteiger partial charge in [0.1, 0.15) is 11.6 Å². The van der Waals surface area contributed by atoms with Crippen molar-refractivity contribution in [2.75, 3.05) is 0 Å². The number of carboxylic acid groups (broad SMARTS) is 1. The second-order valence-corrected chi connectivity index (χ2v) is 10.7. The van der Waals surface area contributed by atoms with Crippen LogP contribution in [-0.2, 0) is 30.3 Å². The third-order valence-corrected chi connectivity index (χ3v) is 6.18. The fraction of sp³-hybridized carbons (Fsp3) is 0.655. The third-order valence-electron chi connectivity index (χ3n) is 6.18. The molecule has 1 aromatic carbocycles. The SMILES string of the molecule is CCCC(C)C(=O)Oc1ccc(CC(N)(C[C@H](C)OC(=O)CC(C)C)C(=O)O)cc1OC(=O)C(C)CCC. The first-order valence-electron chi connectivity index (χ1n) is 13.5. The van der Waals surface area contributed by atoms with Crippen molar-refractivity contribution < 1.29 is 38.5 Å². The molecule has 0 saturated heterocycles. The van der Waals surface area contributed by atoms with Crippen LogP contribution in [0.15, 0.2) is 18.2 Å². The molecule has 0 bridgehead atoms. The van der Waals surface area contributed by atoms with E-state index in [1.807, 2.05) is 27.7 Å². The zero-order valence-corrected chi connectivity index (χ0v) is 23.9. The Hall–Kier alpha value is -2.94. The maximum absolute atomic E-state index is 12.7. The second-order valence-electron chi connectivity index (χ2n) is 10.7. The molecule has 0 aliphatic carbocycles. The van der Waals surface area contributed by atoms with Crippen LogP contribution in [0, 0.1) is 17.8 Å². The minimum atomic E-state index is -1.76. The molecule has 0 spiro atoms. The van der Waals surface area contributed by atoms with E-state index in [1.54, 1.807) is 26.8 Å². The molecular formula is C29H45NO8. The predicted molar refractivity (Wildman–Crippen MR) is 144 cm³/mol. The van der Waals surface area contributed by atoms with Crippen LogP contribution in [0.4, 0.5) is 0 Å². The molecule has 4 atom stereocenters. The number of hydrogen-bond donors (Lipinski definition) is 2. The van der Waals surface area contributed by atoms with Gasteiger partial charge in [0.05, 0.1) is 11.8 Å². The van der Waals surface area contributed by atoms with E-state index in [2.05, 4.69) is 0 Å². The minimum Gasteiger partial charge on any atom is -0.480 e. The van der Waals surface area contributed by atoms with Gasteiger partial charge in [-0.05, 0) is 43.4 Å². The third kappa shape index (κ3) is 10.8. The Morgan fingerprint density at radius 2 is 1.42 bits per heavy atom. The van der Waals surface area contributed by atoms with Gasteiger partial charge in [-0.15, -0.1) is 0 Å². The summed E-state index contributed by atoms with van der Waals surface area (Å²) < 4.78 is 16.5. The lowest BCUT2D eigenvalue weighted by atomic mass is 9.86. The lowest BCUT2D eigenvalue weighted by Crippen LogP contribution is -2.52. The molecule has 3 unspecified atom stereocenters. The maximum Gasteiger partial charge on any atom is 0.324 e. The molecule has 0 saturated carbocycles. The van der Waals surface area contributed by atoms with E-state index < -0.39 is 35.5 Å². The summed E-state index contributed by atoms with van der Waals surface area (Å²) in [4.78, 5) is 49.4. The second kappa shape index (κ2) is 15.5. The van der Waals surface area contributed by atoms with Crippen molar-refractivity contribution in [2.24, 2.45) is 23.5 Å². The van der Waals surface area contributed by atoms with Crippen molar-refractivity contribution in [3.63, 3.8) is 0 Å². The number of carbonyl (C=O) groups is 4. The summed E-state index contributed by atoms with van der Waals surface area (Å²) in [6.45, 7) is 12.8. The first-order chi connectivity index (χ1) is 17.7. The van der Waals surface area contributed by atoms with Crippen molar-refractivity contribution in [1.82, 2.24) is 0 Å². The molecule has 0 aromatic heterocycles. The smallest absolute Gasteiger partial charge is 0.324 e. The van der Waals surface area contributed by atoms with Gasteiger partial charge in [0.25, 0.3) is 0 Å². The Labute approximate surface area is 226 Å². The fourth-order valence-electron chi connectivity index (χ4n) is 4.11. The van der Waals surface area contributed by atoms with E-state index in [0.717, 1.165) is 12.8 Å². The molecule has 9 heteroatoms. The van der Waals surface area contributed by atoms with Crippen LogP contribution in [0.2, 0.25) is 0 Å². The number of rotatable bonds is 16. The van der Waals surface area contributed by atoms with E-state index >= 15 is 0 Å². The number of aliphatic carboxylic acids is 1. The summed E-state index contributed by atoms with van der Waals surface area (Å²) in [6, 6.07) is 4.54. The summed E-state index contributed by atoms with van der Waals surface area (Å²) in [5.41, 5.74) is 5.00. The normalized spacial score (nSPS) is 15.2. The quantitative estimate of drug-likeness (QED) is 0.219. The number of esters is 3. The fourth-order valence-corrected chi connectivity index (χ4v) is 4.11. The van der Waals surface area contributed by atoms with E-state index in [4.69, 9.17) is 19.9 Å². The molecule has 0 amide bonds. The van der Waals surface area contributed by atoms with Crippen molar-refractivity contribution >= 4 is 23.9 Å². The van der Waals surface area contributed by atoms with Crippen molar-refractivity contribution in [3.05, 3.63) is 23.8 Å². The topological polar surface area (TPSA) is 142 Å². The molecule has 3 N–H and O–H groups in total. The van der Waals surface area contributed by atoms with Crippen LogP contribution in [-0.4, -0.2) is 40.6 Å². The number of benzene rings is 1. The van der Waals surface area contributed by atoms with Crippen LogP contribution in [0.3, 0.4) is 0 Å². The van der Waals surface area contributed by atoms with Crippen LogP contribution in [0.5, 0.6) is 11.5 Å². The highest BCUT2D eigenvalue weighted by Crippen LogP contribution is 2.32. The highest BCUT2D eigenvalue weighted by atomic mass is 16.6. The maximum atomic E-state index is 12.7. The van der Waals surface area contributed by atoms with Crippen LogP contribution >= 0.6 is 0 Å². The number of ether oxygens (including phenoxy) is 3. The largest absolute Gasteiger partial charge is 0.480 e. The zero-order valence-electron chi connectivity index (χ0n) is 23.9. The molecule has 0 heterocycles. The molecule has 0 aliphatic heterocycles. The van der Waals surface area contributed by atoms with E-state index in [-0.39, 0.29) is 48.5 Å². The number of carbonyl (C=O) groups excluding carboxylic acids is 3. The first kappa shape index (κ1) is 33.1. The summed E-state index contributed by atoms with van der Waals surface area (Å²) >= 11 is 0. The van der Waals surface area contributed by atoms with E-state index in [1.165, 1.54) is 12.1 Å². The van der Waals surface area contributed by atoms with Crippen LogP contribution in [0.1, 0.15) is 92.6 Å². The van der Waals surface area contributed by atoms with Crippen LogP contribution < -0.4 is 15.2 Å². The average Bonchev–Trinajstić information content (AvgIpc) is 2.79. The summed E-state index contributed by atoms with van der Waals surface area (Å²) in [5, 5.41) is 9.93. The minimum absolute atomic E-state index is 0.0247. The predicted octanol–water partition coefficient (Wildman–Crippen LogP) is 5.06. The Kier molecular flexibility index (Phi) is 13.5.